The summed E-state index contributed by atoms with van der Waals surface area (Å²) in [7, 11) is 0. The van der Waals surface area contributed by atoms with Gasteiger partial charge in [0.25, 0.3) is 0 Å². The molecule has 0 saturated heterocycles. The Balaban J connectivity index is 1.98. The summed E-state index contributed by atoms with van der Waals surface area (Å²) in [6.07, 6.45) is -4.77. The number of fused-ring (bicyclic) bond motifs is 1. The highest BCUT2D eigenvalue weighted by Gasteiger charge is 2.42. The predicted molar refractivity (Wildman–Crippen MR) is 107 cm³/mol. The Morgan fingerprint density at radius 1 is 1.19 bits per heavy atom. The first-order chi connectivity index (χ1) is 14.1. The van der Waals surface area contributed by atoms with Crippen LogP contribution in [0.3, 0.4) is 0 Å². The van der Waals surface area contributed by atoms with E-state index in [0.29, 0.717) is 5.56 Å². The molecule has 0 aliphatic carbocycles. The number of ketones is 1. The number of benzene rings is 2. The van der Waals surface area contributed by atoms with Crippen molar-refractivity contribution in [3.8, 4) is 11.5 Å². The van der Waals surface area contributed by atoms with Crippen molar-refractivity contribution in [2.45, 2.75) is 51.5 Å². The van der Waals surface area contributed by atoms with Gasteiger partial charge in [0, 0.05) is 10.6 Å². The summed E-state index contributed by atoms with van der Waals surface area (Å²) in [6.45, 7) is 5.46. The molecule has 0 bridgehead atoms. The third kappa shape index (κ3) is 4.21. The zero-order valence-electron chi connectivity index (χ0n) is 17.2. The second kappa shape index (κ2) is 7.44. The minimum Gasteiger partial charge on any atom is -0.488 e. The van der Waals surface area contributed by atoms with Gasteiger partial charge in [0.05, 0.1) is 16.5 Å². The number of alkyl halides is 3. The van der Waals surface area contributed by atoms with Crippen molar-refractivity contribution in [2.75, 3.05) is 0 Å². The van der Waals surface area contributed by atoms with Crippen molar-refractivity contribution in [1.82, 2.24) is 0 Å². The predicted octanol–water partition coefficient (Wildman–Crippen LogP) is 5.65. The van der Waals surface area contributed by atoms with Crippen molar-refractivity contribution >= 4 is 23.4 Å². The molecular weight excluding hydrogens is 437 g/mol. The van der Waals surface area contributed by atoms with E-state index >= 15 is 0 Å². The molecule has 9 heteroatoms. The number of carbonyl (C=O) groups excluding carboxylic acids is 1. The van der Waals surface area contributed by atoms with Gasteiger partial charge < -0.3 is 14.6 Å². The third-order valence-electron chi connectivity index (χ3n) is 5.20. The summed E-state index contributed by atoms with van der Waals surface area (Å²) in [5, 5.41) is 9.55. The molecule has 1 heterocycles. The number of carboxylic acid groups (broad SMARTS) is 1. The first kappa shape index (κ1) is 22.9. The summed E-state index contributed by atoms with van der Waals surface area (Å²) in [4.78, 5) is 23.9. The number of hydrogen-bond acceptors (Lipinski definition) is 4. The van der Waals surface area contributed by atoms with E-state index in [1.807, 2.05) is 0 Å². The van der Waals surface area contributed by atoms with E-state index in [9.17, 15) is 27.9 Å². The van der Waals surface area contributed by atoms with Gasteiger partial charge in [-0.3, -0.25) is 9.59 Å². The molecule has 1 aliphatic heterocycles. The molecule has 5 nitrogen and oxygen atoms in total. The third-order valence-corrected chi connectivity index (χ3v) is 5.42. The van der Waals surface area contributed by atoms with Crippen LogP contribution in [-0.2, 0) is 23.0 Å². The maximum absolute atomic E-state index is 13.7. The molecule has 2 aromatic rings. The van der Waals surface area contributed by atoms with E-state index in [2.05, 4.69) is 0 Å². The zero-order valence-corrected chi connectivity index (χ0v) is 17.9. The molecule has 1 N–H and O–H groups in total. The van der Waals surface area contributed by atoms with Crippen LogP contribution in [0.15, 0.2) is 30.3 Å². The highest BCUT2D eigenvalue weighted by molar-refractivity contribution is 6.31. The number of halogens is 4. The molecule has 0 fully saturated rings. The first-order valence-electron chi connectivity index (χ1n) is 9.29. The Morgan fingerprint density at radius 3 is 2.42 bits per heavy atom. The van der Waals surface area contributed by atoms with Gasteiger partial charge in [0.2, 0.25) is 5.78 Å². The minimum absolute atomic E-state index is 0.0148. The number of aliphatic carboxylic acids is 1. The van der Waals surface area contributed by atoms with E-state index in [4.69, 9.17) is 21.1 Å². The van der Waals surface area contributed by atoms with E-state index in [0.717, 1.165) is 12.1 Å². The van der Waals surface area contributed by atoms with Gasteiger partial charge in [-0.05, 0) is 57.5 Å². The molecule has 166 valence electrons. The van der Waals surface area contributed by atoms with Gasteiger partial charge >= 0.3 is 12.1 Å². The fourth-order valence-corrected chi connectivity index (χ4v) is 3.46. The van der Waals surface area contributed by atoms with Crippen LogP contribution >= 0.6 is 11.6 Å². The second-order valence-electron chi connectivity index (χ2n) is 8.31. The molecule has 31 heavy (non-hydrogen) atoms. The van der Waals surface area contributed by atoms with Gasteiger partial charge in [0.15, 0.2) is 5.60 Å². The molecular formula is C22H20ClF3O5. The Labute approximate surface area is 181 Å². The van der Waals surface area contributed by atoms with Crippen molar-refractivity contribution in [3.63, 3.8) is 0 Å². The maximum Gasteiger partial charge on any atom is 0.419 e. The van der Waals surface area contributed by atoms with E-state index in [1.165, 1.54) is 32.0 Å². The van der Waals surface area contributed by atoms with Crippen LogP contribution < -0.4 is 9.47 Å². The van der Waals surface area contributed by atoms with Crippen LogP contribution in [-0.4, -0.2) is 22.5 Å². The number of carboxylic acids is 1. The molecule has 0 saturated carbocycles. The summed E-state index contributed by atoms with van der Waals surface area (Å²) in [5.41, 5.74) is -3.20. The molecule has 0 spiro atoms. The van der Waals surface area contributed by atoms with Gasteiger partial charge in [-0.25, -0.2) is 0 Å². The number of ether oxygens (including phenoxy) is 2. The topological polar surface area (TPSA) is 72.8 Å². The Bertz CT molecular complexity index is 1070. The number of carbonyl (C=O) groups is 2. The second-order valence-corrected chi connectivity index (χ2v) is 8.75. The number of rotatable bonds is 5. The highest BCUT2D eigenvalue weighted by Crippen LogP contribution is 2.42. The first-order valence-corrected chi connectivity index (χ1v) is 9.66. The van der Waals surface area contributed by atoms with E-state index < -0.39 is 34.5 Å². The van der Waals surface area contributed by atoms with Gasteiger partial charge in [-0.1, -0.05) is 17.7 Å². The summed E-state index contributed by atoms with van der Waals surface area (Å²) in [6, 6.07) is 6.05. The van der Waals surface area contributed by atoms with Crippen molar-refractivity contribution in [2.24, 2.45) is 0 Å². The molecule has 0 unspecified atom stereocenters. The molecule has 2 aromatic carbocycles. The fraction of sp³-hybridized carbons (Fsp3) is 0.364. The molecule has 0 atom stereocenters. The minimum atomic E-state index is -4.77. The monoisotopic (exact) mass is 456 g/mol. The molecule has 0 aromatic heterocycles. The smallest absolute Gasteiger partial charge is 0.419 e. The highest BCUT2D eigenvalue weighted by atomic mass is 35.5. The van der Waals surface area contributed by atoms with Crippen LogP contribution in [0.5, 0.6) is 11.5 Å². The largest absolute Gasteiger partial charge is 0.488 e. The number of Topliss-reactive ketones (excluding diaryl/α,β-unsaturated/α-hetero) is 1. The summed E-state index contributed by atoms with van der Waals surface area (Å²) >= 11 is 6.07. The Kier molecular flexibility index (Phi) is 5.51. The Hall–Kier alpha value is -2.74. The van der Waals surface area contributed by atoms with Crippen LogP contribution in [0.4, 0.5) is 13.2 Å². The lowest BCUT2D eigenvalue weighted by Crippen LogP contribution is -2.32. The maximum atomic E-state index is 13.7. The van der Waals surface area contributed by atoms with Crippen LogP contribution in [0.25, 0.3) is 0 Å². The standard InChI is InChI=1S/C22H20ClF3O5/c1-20(2,19(28)29)12-5-6-16(15(8-12)22(24,25)26)30-10-11-7-13(23)9-14-17(11)31-21(3,4)18(14)27/h5-9H,10H2,1-4H3,(H,28,29). The average molecular weight is 457 g/mol. The molecule has 3 rings (SSSR count). The van der Waals surface area contributed by atoms with Crippen LogP contribution in [0.1, 0.15) is 54.7 Å². The normalized spacial score (nSPS) is 15.4. The molecule has 0 radical (unpaired) electrons. The van der Waals surface area contributed by atoms with Gasteiger partial charge in [-0.15, -0.1) is 0 Å². The number of hydrogen-bond donors (Lipinski definition) is 1. The van der Waals surface area contributed by atoms with E-state index in [1.54, 1.807) is 13.8 Å². The van der Waals surface area contributed by atoms with Gasteiger partial charge in [0.1, 0.15) is 18.1 Å². The quantitative estimate of drug-likeness (QED) is 0.629. The van der Waals surface area contributed by atoms with Crippen molar-refractivity contribution in [3.05, 3.63) is 57.6 Å². The fourth-order valence-electron chi connectivity index (χ4n) is 3.22. The zero-order chi connectivity index (χ0) is 23.4. The average Bonchev–Trinajstić information content (AvgIpc) is 2.88. The van der Waals surface area contributed by atoms with E-state index in [-0.39, 0.29) is 34.3 Å². The van der Waals surface area contributed by atoms with Gasteiger partial charge in [-0.2, -0.15) is 13.2 Å². The lowest BCUT2D eigenvalue weighted by atomic mass is 9.84. The Morgan fingerprint density at radius 2 is 1.84 bits per heavy atom. The van der Waals surface area contributed by atoms with Crippen LogP contribution in [0, 0.1) is 0 Å². The summed E-state index contributed by atoms with van der Waals surface area (Å²) < 4.78 is 52.1. The molecule has 0 amide bonds. The van der Waals surface area contributed by atoms with Crippen molar-refractivity contribution < 1.29 is 37.3 Å². The lowest BCUT2D eigenvalue weighted by Gasteiger charge is -2.23. The summed E-state index contributed by atoms with van der Waals surface area (Å²) in [5.74, 6) is -1.80. The SMILES string of the molecule is CC1(C)Oc2c(COc3ccc(C(C)(C)C(=O)O)cc3C(F)(F)F)cc(Cl)cc2C1=O. The van der Waals surface area contributed by atoms with Crippen LogP contribution in [0.2, 0.25) is 5.02 Å². The molecule has 1 aliphatic rings. The lowest BCUT2D eigenvalue weighted by molar-refractivity contribution is -0.143. The van der Waals surface area contributed by atoms with Crippen molar-refractivity contribution in [1.29, 1.82) is 0 Å².